The molecule has 1 N–H and O–H groups in total. The minimum atomic E-state index is -0.220. The molecule has 2 aromatic carbocycles. The molecule has 0 aromatic heterocycles. The lowest BCUT2D eigenvalue weighted by Crippen LogP contribution is -2.13. The van der Waals surface area contributed by atoms with Crippen LogP contribution in [0.5, 0.6) is 0 Å². The Labute approximate surface area is 201 Å². The molecular weight excluding hydrogens is 409 g/mol. The van der Waals surface area contributed by atoms with E-state index in [0.29, 0.717) is 13.0 Å². The number of Topliss-reactive ketones (excluding diaryl/α,β-unsaturated/α-hetero) is 1. The summed E-state index contributed by atoms with van der Waals surface area (Å²) < 4.78 is 13.6. The number of nitrogens with one attached hydrogen (secondary N) is 1. The number of carbonyl (C=O) groups excluding carboxylic acids is 1. The van der Waals surface area contributed by atoms with Gasteiger partial charge in [-0.25, -0.2) is 4.39 Å². The zero-order chi connectivity index (χ0) is 24.6. The second kappa shape index (κ2) is 16.0. The zero-order valence-electron chi connectivity index (χ0n) is 21.4. The predicted octanol–water partition coefficient (Wildman–Crippen LogP) is 8.29. The second-order valence-electron chi connectivity index (χ2n) is 8.09. The number of ketones is 1. The van der Waals surface area contributed by atoms with E-state index in [0.717, 1.165) is 34.2 Å². The smallest absolute Gasteiger partial charge is 0.134 e. The molecule has 33 heavy (non-hydrogen) atoms. The number of halogens is 1. The minimum Gasteiger partial charge on any atom is -0.386 e. The lowest BCUT2D eigenvalue weighted by molar-refractivity contribution is -0.116. The van der Waals surface area contributed by atoms with Crippen LogP contribution in [0, 0.1) is 5.82 Å². The Morgan fingerprint density at radius 1 is 1.00 bits per heavy atom. The van der Waals surface area contributed by atoms with Gasteiger partial charge in [-0.2, -0.15) is 0 Å². The molecule has 0 saturated carbocycles. The third-order valence-electron chi connectivity index (χ3n) is 5.37. The number of carbonyl (C=O) groups is 1. The van der Waals surface area contributed by atoms with Gasteiger partial charge in [0.15, 0.2) is 0 Å². The van der Waals surface area contributed by atoms with Gasteiger partial charge < -0.3 is 5.32 Å². The highest BCUT2D eigenvalue weighted by Gasteiger charge is 2.11. The Kier molecular flexibility index (Phi) is 13.8. The first-order valence-electron chi connectivity index (χ1n) is 12.5. The molecule has 0 fully saturated rings. The van der Waals surface area contributed by atoms with Gasteiger partial charge >= 0.3 is 0 Å². The third-order valence-corrected chi connectivity index (χ3v) is 5.37. The van der Waals surface area contributed by atoms with Crippen LogP contribution in [0.2, 0.25) is 0 Å². The molecule has 3 heteroatoms. The fraction of sp³-hybridized carbons (Fsp3) is 0.433. The van der Waals surface area contributed by atoms with Gasteiger partial charge in [0.05, 0.1) is 0 Å². The van der Waals surface area contributed by atoms with Crippen molar-refractivity contribution < 1.29 is 9.18 Å². The van der Waals surface area contributed by atoms with Crippen molar-refractivity contribution in [1.82, 2.24) is 5.32 Å². The molecule has 3 rings (SSSR count). The maximum Gasteiger partial charge on any atom is 0.134 e. The van der Waals surface area contributed by atoms with Gasteiger partial charge in [0.2, 0.25) is 0 Å². The molecule has 0 bridgehead atoms. The van der Waals surface area contributed by atoms with Crippen molar-refractivity contribution in [3.8, 4) is 0 Å². The van der Waals surface area contributed by atoms with Crippen molar-refractivity contribution in [3.05, 3.63) is 82.3 Å². The molecule has 0 saturated heterocycles. The Hall–Kier alpha value is -2.68. The highest BCUT2D eigenvalue weighted by Crippen LogP contribution is 2.26. The molecule has 1 aliphatic rings. The number of aryl methyl sites for hydroxylation is 1. The number of allylic oxidation sites excluding steroid dienone is 2. The summed E-state index contributed by atoms with van der Waals surface area (Å²) in [5, 5.41) is 3.23. The highest BCUT2D eigenvalue weighted by molar-refractivity contribution is 5.82. The first-order valence-corrected chi connectivity index (χ1v) is 12.5. The van der Waals surface area contributed by atoms with Gasteiger partial charge in [-0.15, -0.1) is 0 Å². The largest absolute Gasteiger partial charge is 0.386 e. The van der Waals surface area contributed by atoms with Gasteiger partial charge in [0.25, 0.3) is 0 Å². The lowest BCUT2D eigenvalue weighted by Gasteiger charge is -2.17. The minimum absolute atomic E-state index is 0.169. The summed E-state index contributed by atoms with van der Waals surface area (Å²) in [7, 11) is 0. The van der Waals surface area contributed by atoms with Gasteiger partial charge in [-0.1, -0.05) is 96.7 Å². The van der Waals surface area contributed by atoms with E-state index in [4.69, 9.17) is 0 Å². The third kappa shape index (κ3) is 9.77. The quantitative estimate of drug-likeness (QED) is 0.409. The maximum absolute atomic E-state index is 13.6. The molecule has 1 heterocycles. The van der Waals surface area contributed by atoms with Crippen LogP contribution in [0.25, 0.3) is 11.6 Å². The van der Waals surface area contributed by atoms with E-state index in [1.54, 1.807) is 13.0 Å². The van der Waals surface area contributed by atoms with Crippen LogP contribution in [-0.4, -0.2) is 5.78 Å². The number of hydrogen-bond acceptors (Lipinski definition) is 2. The molecule has 0 radical (unpaired) electrons. The van der Waals surface area contributed by atoms with Gasteiger partial charge in [0, 0.05) is 19.2 Å². The zero-order valence-corrected chi connectivity index (χ0v) is 21.4. The van der Waals surface area contributed by atoms with Crippen LogP contribution in [-0.2, 0) is 24.2 Å². The van der Waals surface area contributed by atoms with E-state index in [2.05, 4.69) is 44.3 Å². The molecule has 2 aromatic rings. The first-order chi connectivity index (χ1) is 16.0. The van der Waals surface area contributed by atoms with Crippen molar-refractivity contribution in [3.63, 3.8) is 0 Å². The predicted molar refractivity (Wildman–Crippen MR) is 142 cm³/mol. The molecule has 0 spiro atoms. The molecule has 0 aliphatic carbocycles. The SMILES string of the molecule is CC.CCCCCC.CCc1cc(CC(C)=O)ccc1/C=C/C1=CNCc2ccc(F)cc21. The van der Waals surface area contributed by atoms with Crippen molar-refractivity contribution >= 4 is 17.4 Å². The summed E-state index contributed by atoms with van der Waals surface area (Å²) in [5.74, 6) is -0.0507. The van der Waals surface area contributed by atoms with E-state index >= 15 is 0 Å². The average molecular weight is 452 g/mol. The summed E-state index contributed by atoms with van der Waals surface area (Å²) >= 11 is 0. The topological polar surface area (TPSA) is 29.1 Å². The molecular formula is C30H42FNO. The number of hydrogen-bond donors (Lipinski definition) is 1. The summed E-state index contributed by atoms with van der Waals surface area (Å²) in [6.45, 7) is 12.9. The van der Waals surface area contributed by atoms with Crippen LogP contribution >= 0.6 is 0 Å². The van der Waals surface area contributed by atoms with E-state index in [1.807, 2.05) is 38.3 Å². The van der Waals surface area contributed by atoms with Gasteiger partial charge in [-0.05, 0) is 58.9 Å². The van der Waals surface area contributed by atoms with Crippen molar-refractivity contribution in [1.29, 1.82) is 0 Å². The van der Waals surface area contributed by atoms with E-state index in [9.17, 15) is 9.18 Å². The number of fused-ring (bicyclic) bond motifs is 1. The Morgan fingerprint density at radius 3 is 2.30 bits per heavy atom. The number of benzene rings is 2. The molecule has 1 aliphatic heterocycles. The van der Waals surface area contributed by atoms with E-state index in [1.165, 1.54) is 37.3 Å². The first kappa shape index (κ1) is 28.4. The average Bonchev–Trinajstić information content (AvgIpc) is 2.83. The van der Waals surface area contributed by atoms with E-state index < -0.39 is 0 Å². The van der Waals surface area contributed by atoms with Crippen LogP contribution in [0.1, 0.15) is 95.0 Å². The summed E-state index contributed by atoms with van der Waals surface area (Å²) in [5.41, 5.74) is 6.37. The van der Waals surface area contributed by atoms with Crippen LogP contribution in [0.3, 0.4) is 0 Å². The summed E-state index contributed by atoms with van der Waals surface area (Å²) in [6, 6.07) is 11.1. The number of unbranched alkanes of at least 4 members (excludes halogenated alkanes) is 3. The molecule has 0 unspecified atom stereocenters. The Bertz CT molecular complexity index is 923. The summed E-state index contributed by atoms with van der Waals surface area (Å²) in [4.78, 5) is 11.3. The Morgan fingerprint density at radius 2 is 1.70 bits per heavy atom. The molecule has 0 atom stereocenters. The van der Waals surface area contributed by atoms with Gasteiger partial charge in [-0.3, -0.25) is 4.79 Å². The summed E-state index contributed by atoms with van der Waals surface area (Å²) in [6.07, 6.45) is 12.9. The molecule has 180 valence electrons. The van der Waals surface area contributed by atoms with Crippen LogP contribution in [0.4, 0.5) is 4.39 Å². The van der Waals surface area contributed by atoms with Crippen LogP contribution in [0.15, 0.2) is 48.7 Å². The Balaban J connectivity index is 0.000000593. The van der Waals surface area contributed by atoms with Crippen molar-refractivity contribution in [2.45, 2.75) is 86.6 Å². The van der Waals surface area contributed by atoms with Crippen molar-refractivity contribution in [2.24, 2.45) is 0 Å². The van der Waals surface area contributed by atoms with Gasteiger partial charge in [0.1, 0.15) is 11.6 Å². The number of rotatable bonds is 8. The lowest BCUT2D eigenvalue weighted by atomic mass is 9.95. The highest BCUT2D eigenvalue weighted by atomic mass is 19.1. The molecule has 2 nitrogen and oxygen atoms in total. The van der Waals surface area contributed by atoms with Crippen LogP contribution < -0.4 is 5.32 Å². The maximum atomic E-state index is 13.6. The van der Waals surface area contributed by atoms with Crippen molar-refractivity contribution in [2.75, 3.05) is 0 Å². The van der Waals surface area contributed by atoms with E-state index in [-0.39, 0.29) is 11.6 Å². The fourth-order valence-electron chi connectivity index (χ4n) is 3.66. The fourth-order valence-corrected chi connectivity index (χ4v) is 3.66. The monoisotopic (exact) mass is 451 g/mol. The molecule has 0 amide bonds. The normalized spacial score (nSPS) is 11.9. The second-order valence-corrected chi connectivity index (χ2v) is 8.09. The standard InChI is InChI=1S/C22H22FNO.C6H14.C2H6/c1-3-17-11-16(10-15(2)25)4-5-18(17)6-7-19-13-24-14-20-8-9-21(23)12-22(19)20;1-3-5-6-4-2;1-2/h4-9,11-13,24H,3,10,14H2,1-2H3;3-6H2,1-2H3;1-2H3/b7-6+;;.